The van der Waals surface area contributed by atoms with Gasteiger partial charge >= 0.3 is 0 Å². The van der Waals surface area contributed by atoms with Gasteiger partial charge in [0.15, 0.2) is 0 Å². The van der Waals surface area contributed by atoms with Crippen LogP contribution in [0.5, 0.6) is 0 Å². The normalized spacial score (nSPS) is 24.8. The van der Waals surface area contributed by atoms with Crippen LogP contribution < -0.4 is 0 Å². The number of rotatable bonds is 6. The van der Waals surface area contributed by atoms with Crippen LogP contribution in [0, 0.1) is 0 Å². The molecule has 0 aromatic rings. The Balaban J connectivity index is 2.29. The van der Waals surface area contributed by atoms with Crippen molar-refractivity contribution in [3.05, 3.63) is 0 Å². The molecular formula is C13H25NO3. The number of hydrogen-bond acceptors (Lipinski definition) is 4. The van der Waals surface area contributed by atoms with Crippen molar-refractivity contribution in [3.8, 4) is 0 Å². The van der Waals surface area contributed by atoms with Gasteiger partial charge in [-0.3, -0.25) is 4.90 Å². The lowest BCUT2D eigenvalue weighted by Gasteiger charge is -2.42. The van der Waals surface area contributed by atoms with Gasteiger partial charge in [0.2, 0.25) is 0 Å². The van der Waals surface area contributed by atoms with E-state index in [2.05, 4.69) is 18.7 Å². The van der Waals surface area contributed by atoms with E-state index in [1.54, 1.807) is 6.92 Å². The van der Waals surface area contributed by atoms with Gasteiger partial charge in [-0.1, -0.05) is 0 Å². The summed E-state index contributed by atoms with van der Waals surface area (Å²) in [6, 6.07) is 0. The zero-order valence-electron chi connectivity index (χ0n) is 11.2. The predicted molar refractivity (Wildman–Crippen MR) is 67.0 cm³/mol. The number of aliphatic hydroxyl groups is 1. The minimum Gasteiger partial charge on any atom is -0.394 e. The number of nitrogens with zero attached hydrogens (tertiary/aromatic N) is 1. The van der Waals surface area contributed by atoms with E-state index in [0.717, 1.165) is 32.5 Å². The van der Waals surface area contributed by atoms with Crippen LogP contribution in [0.2, 0.25) is 0 Å². The van der Waals surface area contributed by atoms with E-state index in [9.17, 15) is 9.90 Å². The van der Waals surface area contributed by atoms with Crippen molar-refractivity contribution in [2.75, 3.05) is 26.2 Å². The van der Waals surface area contributed by atoms with Gasteiger partial charge in [-0.15, -0.1) is 0 Å². The number of hydrogen-bond donors (Lipinski definition) is 1. The third kappa shape index (κ3) is 5.61. The second kappa shape index (κ2) is 6.47. The summed E-state index contributed by atoms with van der Waals surface area (Å²) in [5.74, 6) is 0.264. The van der Waals surface area contributed by atoms with Gasteiger partial charge in [-0.2, -0.15) is 0 Å². The average Bonchev–Trinajstić information content (AvgIpc) is 2.22. The van der Waals surface area contributed by atoms with E-state index in [1.165, 1.54) is 0 Å². The maximum absolute atomic E-state index is 10.8. The molecule has 0 bridgehead atoms. The molecule has 4 heteroatoms. The van der Waals surface area contributed by atoms with Crippen LogP contribution in [0.4, 0.5) is 0 Å². The van der Waals surface area contributed by atoms with Crippen molar-refractivity contribution in [2.45, 2.75) is 51.7 Å². The Morgan fingerprint density at radius 2 is 2.18 bits per heavy atom. The minimum absolute atomic E-state index is 0.0768. The molecule has 0 aliphatic carbocycles. The van der Waals surface area contributed by atoms with Crippen LogP contribution in [-0.4, -0.2) is 53.7 Å². The van der Waals surface area contributed by atoms with E-state index in [4.69, 9.17) is 4.74 Å². The SMILES string of the molecule is CC(=O)CCCCN1CC(CO)OC(C)(C)C1. The number of morpholine rings is 1. The van der Waals surface area contributed by atoms with Crippen molar-refractivity contribution in [1.82, 2.24) is 4.90 Å². The highest BCUT2D eigenvalue weighted by atomic mass is 16.5. The minimum atomic E-state index is -0.188. The zero-order chi connectivity index (χ0) is 12.9. The van der Waals surface area contributed by atoms with Gasteiger partial charge in [0.1, 0.15) is 5.78 Å². The van der Waals surface area contributed by atoms with Crippen molar-refractivity contribution in [2.24, 2.45) is 0 Å². The molecule has 1 atom stereocenters. The van der Waals surface area contributed by atoms with Crippen LogP contribution in [-0.2, 0) is 9.53 Å². The Morgan fingerprint density at radius 3 is 2.76 bits per heavy atom. The zero-order valence-corrected chi connectivity index (χ0v) is 11.2. The topological polar surface area (TPSA) is 49.8 Å². The molecule has 1 aliphatic rings. The number of ether oxygens (including phenoxy) is 1. The molecular weight excluding hydrogens is 218 g/mol. The Hall–Kier alpha value is -0.450. The van der Waals surface area contributed by atoms with Crippen molar-refractivity contribution in [3.63, 3.8) is 0 Å². The molecule has 1 heterocycles. The summed E-state index contributed by atoms with van der Waals surface area (Å²) in [4.78, 5) is 13.2. The molecule has 1 unspecified atom stereocenters. The molecule has 4 nitrogen and oxygen atoms in total. The molecule has 1 saturated heterocycles. The number of ketones is 1. The summed E-state index contributed by atoms with van der Waals surface area (Å²) >= 11 is 0. The molecule has 17 heavy (non-hydrogen) atoms. The summed E-state index contributed by atoms with van der Waals surface area (Å²) in [5.41, 5.74) is -0.188. The first-order valence-electron chi connectivity index (χ1n) is 6.43. The fourth-order valence-electron chi connectivity index (χ4n) is 2.39. The summed E-state index contributed by atoms with van der Waals surface area (Å²) in [6.45, 7) is 8.49. The summed E-state index contributed by atoms with van der Waals surface area (Å²) in [5, 5.41) is 9.19. The van der Waals surface area contributed by atoms with Crippen LogP contribution in [0.25, 0.3) is 0 Å². The predicted octanol–water partition coefficient (Wildman–Crippen LogP) is 1.22. The van der Waals surface area contributed by atoms with E-state index in [-0.39, 0.29) is 24.1 Å². The summed E-state index contributed by atoms with van der Waals surface area (Å²) < 4.78 is 5.75. The number of carbonyl (C=O) groups excluding carboxylic acids is 1. The Kier molecular flexibility index (Phi) is 5.56. The van der Waals surface area contributed by atoms with E-state index in [1.807, 2.05) is 0 Å². The molecule has 1 fully saturated rings. The standard InChI is InChI=1S/C13H25NO3/c1-11(16)6-4-5-7-14-8-12(9-15)17-13(2,3)10-14/h12,15H,4-10H2,1-3H3. The summed E-state index contributed by atoms with van der Waals surface area (Å²) in [6.07, 6.45) is 2.59. The molecule has 0 saturated carbocycles. The molecule has 0 aromatic heterocycles. The molecule has 0 aromatic carbocycles. The maximum atomic E-state index is 10.8. The molecule has 0 amide bonds. The second-order valence-corrected chi connectivity index (χ2v) is 5.58. The first-order valence-corrected chi connectivity index (χ1v) is 6.43. The van der Waals surface area contributed by atoms with Gasteiger partial charge in [0.05, 0.1) is 18.3 Å². The third-order valence-corrected chi connectivity index (χ3v) is 3.01. The molecule has 1 aliphatic heterocycles. The first-order chi connectivity index (χ1) is 7.93. The second-order valence-electron chi connectivity index (χ2n) is 5.58. The fraction of sp³-hybridized carbons (Fsp3) is 0.923. The number of unbranched alkanes of at least 4 members (excludes halogenated alkanes) is 1. The average molecular weight is 243 g/mol. The van der Waals surface area contributed by atoms with Crippen molar-refractivity contribution >= 4 is 5.78 Å². The van der Waals surface area contributed by atoms with Crippen LogP contribution in [0.15, 0.2) is 0 Å². The van der Waals surface area contributed by atoms with Gasteiger partial charge in [0, 0.05) is 19.5 Å². The maximum Gasteiger partial charge on any atom is 0.129 e. The van der Waals surface area contributed by atoms with E-state index in [0.29, 0.717) is 6.42 Å². The lowest BCUT2D eigenvalue weighted by Crippen LogP contribution is -2.53. The largest absolute Gasteiger partial charge is 0.394 e. The molecule has 0 spiro atoms. The molecule has 1 N–H and O–H groups in total. The van der Waals surface area contributed by atoms with Crippen molar-refractivity contribution < 1.29 is 14.6 Å². The van der Waals surface area contributed by atoms with Gasteiger partial charge in [-0.25, -0.2) is 0 Å². The van der Waals surface area contributed by atoms with Crippen LogP contribution in [0.3, 0.4) is 0 Å². The van der Waals surface area contributed by atoms with E-state index < -0.39 is 0 Å². The lowest BCUT2D eigenvalue weighted by molar-refractivity contribution is -0.149. The van der Waals surface area contributed by atoms with Gasteiger partial charge < -0.3 is 14.6 Å². The lowest BCUT2D eigenvalue weighted by atomic mass is 10.0. The Labute approximate surface area is 104 Å². The van der Waals surface area contributed by atoms with E-state index >= 15 is 0 Å². The van der Waals surface area contributed by atoms with Crippen LogP contribution >= 0.6 is 0 Å². The number of carbonyl (C=O) groups is 1. The fourth-order valence-corrected chi connectivity index (χ4v) is 2.39. The quantitative estimate of drug-likeness (QED) is 0.713. The Morgan fingerprint density at radius 1 is 1.47 bits per heavy atom. The summed E-state index contributed by atoms with van der Waals surface area (Å²) in [7, 11) is 0. The first kappa shape index (κ1) is 14.6. The highest BCUT2D eigenvalue weighted by molar-refractivity contribution is 5.75. The third-order valence-electron chi connectivity index (χ3n) is 3.01. The number of Topliss-reactive ketones (excluding diaryl/α,β-unsaturated/α-hetero) is 1. The molecule has 1 rings (SSSR count). The highest BCUT2D eigenvalue weighted by Crippen LogP contribution is 2.21. The van der Waals surface area contributed by atoms with Crippen LogP contribution in [0.1, 0.15) is 40.0 Å². The van der Waals surface area contributed by atoms with Gasteiger partial charge in [0.25, 0.3) is 0 Å². The Bertz CT molecular complexity index is 253. The molecule has 100 valence electrons. The van der Waals surface area contributed by atoms with Crippen molar-refractivity contribution in [1.29, 1.82) is 0 Å². The molecule has 0 radical (unpaired) electrons. The highest BCUT2D eigenvalue weighted by Gasteiger charge is 2.32. The van der Waals surface area contributed by atoms with Gasteiger partial charge in [-0.05, 0) is 40.2 Å². The smallest absolute Gasteiger partial charge is 0.129 e. The number of aliphatic hydroxyl groups excluding tert-OH is 1. The monoisotopic (exact) mass is 243 g/mol.